The largest absolute Gasteiger partial charge is 0.485 e. The molecule has 0 saturated carbocycles. The van der Waals surface area contributed by atoms with Gasteiger partial charge in [-0.2, -0.15) is 0 Å². The Hall–Kier alpha value is -4.09. The van der Waals surface area contributed by atoms with E-state index in [1.54, 1.807) is 12.2 Å². The van der Waals surface area contributed by atoms with Gasteiger partial charge in [0.15, 0.2) is 17.5 Å². The first-order valence-corrected chi connectivity index (χ1v) is 12.0. The maximum atomic E-state index is 16.3. The second-order valence-corrected chi connectivity index (χ2v) is 9.52. The lowest BCUT2D eigenvalue weighted by Gasteiger charge is -2.21. The molecule has 0 fully saturated rings. The summed E-state index contributed by atoms with van der Waals surface area (Å²) in [6.45, 7) is 0.00196. The highest BCUT2D eigenvalue weighted by Gasteiger charge is 2.26. The van der Waals surface area contributed by atoms with Gasteiger partial charge in [-0.1, -0.05) is 23.8 Å². The second kappa shape index (κ2) is 10.2. The minimum absolute atomic E-state index is 0.0367. The molecule has 0 amide bonds. The number of aliphatic hydroxyl groups is 1. The predicted octanol–water partition coefficient (Wildman–Crippen LogP) is 4.62. The smallest absolute Gasteiger partial charge is 0.278 e. The van der Waals surface area contributed by atoms with Crippen LogP contribution in [-0.4, -0.2) is 29.6 Å². The Morgan fingerprint density at radius 2 is 1.92 bits per heavy atom. The van der Waals surface area contributed by atoms with E-state index in [0.29, 0.717) is 17.8 Å². The average molecular weight is 558 g/mol. The fourth-order valence-corrected chi connectivity index (χ4v) is 4.14. The van der Waals surface area contributed by atoms with E-state index < -0.39 is 51.6 Å². The number of hydrogen-bond acceptors (Lipinski definition) is 7. The number of allylic oxidation sites excluding steroid dienone is 2. The molecule has 1 N–H and O–H groups in total. The molecule has 200 valence electrons. The van der Waals surface area contributed by atoms with Crippen molar-refractivity contribution in [3.05, 3.63) is 105 Å². The van der Waals surface area contributed by atoms with Crippen LogP contribution in [0.5, 0.6) is 5.75 Å². The Morgan fingerprint density at radius 1 is 1.15 bits per heavy atom. The van der Waals surface area contributed by atoms with Crippen molar-refractivity contribution in [2.24, 2.45) is 0 Å². The zero-order valence-corrected chi connectivity index (χ0v) is 21.3. The van der Waals surface area contributed by atoms with Gasteiger partial charge in [-0.25, -0.2) is 23.1 Å². The monoisotopic (exact) mass is 557 g/mol. The van der Waals surface area contributed by atoms with Crippen LogP contribution in [-0.2, 0) is 25.0 Å². The van der Waals surface area contributed by atoms with Crippen LogP contribution in [0.15, 0.2) is 53.7 Å². The number of halogens is 4. The highest BCUT2D eigenvalue weighted by molar-refractivity contribution is 6.31. The Bertz CT molecular complexity index is 1780. The molecule has 1 aliphatic rings. The molecule has 0 unspecified atom stereocenters. The number of hydrogen-bond donors (Lipinski definition) is 1. The van der Waals surface area contributed by atoms with E-state index in [-0.39, 0.29) is 41.4 Å². The van der Waals surface area contributed by atoms with E-state index in [0.717, 1.165) is 4.57 Å². The van der Waals surface area contributed by atoms with Crippen molar-refractivity contribution in [3.63, 3.8) is 0 Å². The molecule has 1 aliphatic heterocycles. The summed E-state index contributed by atoms with van der Waals surface area (Å²) in [5.41, 5.74) is -2.97. The maximum absolute atomic E-state index is 16.3. The molecule has 0 aliphatic carbocycles. The van der Waals surface area contributed by atoms with E-state index in [9.17, 15) is 18.7 Å². The summed E-state index contributed by atoms with van der Waals surface area (Å²) >= 11 is 6.33. The van der Waals surface area contributed by atoms with Gasteiger partial charge in [0.05, 0.1) is 20.3 Å². The first-order valence-electron chi connectivity index (χ1n) is 12.6. The molecule has 0 bridgehead atoms. The molecule has 0 atom stereocenters. The number of pyridine rings is 3. The lowest BCUT2D eigenvalue weighted by molar-refractivity contribution is 0.0688. The van der Waals surface area contributed by atoms with Crippen molar-refractivity contribution in [2.75, 3.05) is 0 Å². The maximum Gasteiger partial charge on any atom is 0.278 e. The third kappa shape index (κ3) is 5.15. The molecule has 39 heavy (non-hydrogen) atoms. The third-order valence-electron chi connectivity index (χ3n) is 5.83. The molecule has 8 nitrogen and oxygen atoms in total. The first-order chi connectivity index (χ1) is 19.3. The minimum Gasteiger partial charge on any atom is -0.485 e. The van der Waals surface area contributed by atoms with Crippen LogP contribution in [0.2, 0.25) is 5.02 Å². The normalized spacial score (nSPS) is 14.8. The Morgan fingerprint density at radius 3 is 2.67 bits per heavy atom. The molecule has 4 aromatic rings. The van der Waals surface area contributed by atoms with Crippen molar-refractivity contribution in [1.29, 1.82) is 0 Å². The number of fused-ring (bicyclic) bond motifs is 3. The van der Waals surface area contributed by atoms with Gasteiger partial charge in [-0.3, -0.25) is 19.3 Å². The second-order valence-electron chi connectivity index (χ2n) is 9.14. The summed E-state index contributed by atoms with van der Waals surface area (Å²) in [5.74, 6) is -3.62. The van der Waals surface area contributed by atoms with E-state index in [4.69, 9.17) is 19.1 Å². The Kier molecular flexibility index (Phi) is 6.29. The molecule has 12 heteroatoms. The average Bonchev–Trinajstić information content (AvgIpc) is 2.88. The summed E-state index contributed by atoms with van der Waals surface area (Å²) in [7, 11) is 0. The molecule has 5 rings (SSSR count). The number of rotatable bonds is 5. The van der Waals surface area contributed by atoms with Gasteiger partial charge in [0.2, 0.25) is 0 Å². The highest BCUT2D eigenvalue weighted by Crippen LogP contribution is 2.32. The van der Waals surface area contributed by atoms with Crippen LogP contribution >= 0.6 is 11.6 Å². The van der Waals surface area contributed by atoms with E-state index in [1.807, 2.05) is 0 Å². The number of aromatic nitrogens is 5. The highest BCUT2D eigenvalue weighted by atomic mass is 35.5. The lowest BCUT2D eigenvalue weighted by atomic mass is 10.0. The van der Waals surface area contributed by atoms with Gasteiger partial charge in [0.25, 0.3) is 5.56 Å². The van der Waals surface area contributed by atoms with Gasteiger partial charge in [-0.15, -0.1) is 0 Å². The van der Waals surface area contributed by atoms with Crippen LogP contribution in [0.1, 0.15) is 39.4 Å². The van der Waals surface area contributed by atoms with Crippen LogP contribution in [0.4, 0.5) is 13.2 Å². The molecular weight excluding hydrogens is 535 g/mol. The standard InChI is InChI=1S/C27H21ClF3N5O3/c1-27(2,38)26-32-8-7-18(35-26)23-22(31)24-14(11-34-23)5-3-4-6-16-10-20(21(28)25(37)36(16)24)39-13-19-17(30)9-15(29)12-33-19/h3-4,7-12,38H,5-6,13H2,1-2H3/b4-3-/i13D2. The van der Waals surface area contributed by atoms with Crippen LogP contribution in [0, 0.1) is 17.5 Å². The van der Waals surface area contributed by atoms with Crippen LogP contribution in [0.25, 0.3) is 17.1 Å². The summed E-state index contributed by atoms with van der Waals surface area (Å²) in [6, 6.07) is 3.09. The molecule has 0 radical (unpaired) electrons. The van der Waals surface area contributed by atoms with Crippen molar-refractivity contribution in [3.8, 4) is 22.8 Å². The summed E-state index contributed by atoms with van der Waals surface area (Å²) < 4.78 is 66.5. The van der Waals surface area contributed by atoms with Gasteiger partial charge in [0.1, 0.15) is 40.1 Å². The molecule has 0 spiro atoms. The van der Waals surface area contributed by atoms with Crippen molar-refractivity contribution >= 4 is 11.6 Å². The van der Waals surface area contributed by atoms with Crippen LogP contribution in [0.3, 0.4) is 0 Å². The van der Waals surface area contributed by atoms with Crippen molar-refractivity contribution in [1.82, 2.24) is 24.5 Å². The summed E-state index contributed by atoms with van der Waals surface area (Å²) in [5, 5.41) is 9.70. The first kappa shape index (κ1) is 24.0. The topological polar surface area (TPSA) is 103 Å². The third-order valence-corrected chi connectivity index (χ3v) is 6.18. The summed E-state index contributed by atoms with van der Waals surface area (Å²) in [6.07, 6.45) is 7.16. The van der Waals surface area contributed by atoms with Crippen molar-refractivity contribution < 1.29 is 25.8 Å². The fourth-order valence-electron chi connectivity index (χ4n) is 3.96. The van der Waals surface area contributed by atoms with E-state index >= 15 is 4.39 Å². The SMILES string of the molecule is [2H]C([2H])(Oc1cc2n(c(=O)c1Cl)-c1c(cnc(-c3ccnc(C(C)(C)O)n3)c1F)C/C=C\C2)c1ncc(F)cc1F. The van der Waals surface area contributed by atoms with E-state index in [2.05, 4.69) is 19.9 Å². The fraction of sp³-hybridized carbons (Fsp3) is 0.222. The predicted molar refractivity (Wildman–Crippen MR) is 136 cm³/mol. The molecule has 4 aromatic heterocycles. The van der Waals surface area contributed by atoms with Gasteiger partial charge < -0.3 is 9.84 Å². The van der Waals surface area contributed by atoms with Crippen LogP contribution < -0.4 is 10.3 Å². The minimum atomic E-state index is -2.95. The van der Waals surface area contributed by atoms with Gasteiger partial charge >= 0.3 is 0 Å². The van der Waals surface area contributed by atoms with E-state index in [1.165, 1.54) is 38.4 Å². The number of ether oxygens (including phenoxy) is 1. The number of nitrogens with zero attached hydrogens (tertiary/aromatic N) is 5. The zero-order valence-electron chi connectivity index (χ0n) is 22.5. The summed E-state index contributed by atoms with van der Waals surface area (Å²) in [4.78, 5) is 29.5. The van der Waals surface area contributed by atoms with Gasteiger partial charge in [0, 0.05) is 42.2 Å². The lowest BCUT2D eigenvalue weighted by Crippen LogP contribution is -2.26. The molecule has 0 aromatic carbocycles. The quantitative estimate of drug-likeness (QED) is 0.357. The Labute approximate surface area is 228 Å². The zero-order chi connectivity index (χ0) is 29.7. The van der Waals surface area contributed by atoms with Gasteiger partial charge in [-0.05, 0) is 26.3 Å². The molecular formula is C27H21ClF3N5O3. The van der Waals surface area contributed by atoms with Crippen molar-refractivity contribution in [2.45, 2.75) is 38.8 Å². The molecule has 0 saturated heterocycles. The Balaban J connectivity index is 1.66. The molecule has 5 heterocycles.